The van der Waals surface area contributed by atoms with Crippen LogP contribution in [0.4, 0.5) is 0 Å². The molecule has 9 heteroatoms. The van der Waals surface area contributed by atoms with Crippen molar-refractivity contribution in [1.82, 2.24) is 5.32 Å². The lowest BCUT2D eigenvalue weighted by atomic mass is 9.79. The first kappa shape index (κ1) is 22.4. The number of hydrogen-bond donors (Lipinski definition) is 2. The van der Waals surface area contributed by atoms with Crippen LogP contribution >= 0.6 is 0 Å². The van der Waals surface area contributed by atoms with E-state index in [1.807, 2.05) is 6.07 Å². The molecule has 2 aliphatic heterocycles. The van der Waals surface area contributed by atoms with Gasteiger partial charge in [0.15, 0.2) is 9.84 Å². The molecule has 1 aliphatic carbocycles. The second-order valence-corrected chi connectivity index (χ2v) is 11.9. The van der Waals surface area contributed by atoms with Crippen molar-refractivity contribution < 1.29 is 27.5 Å². The summed E-state index contributed by atoms with van der Waals surface area (Å²) in [5.74, 6) is -0.422. The van der Waals surface area contributed by atoms with E-state index in [9.17, 15) is 23.1 Å². The molecular weight excluding hydrogens is 446 g/mol. The van der Waals surface area contributed by atoms with Crippen molar-refractivity contribution in [3.05, 3.63) is 39.2 Å². The van der Waals surface area contributed by atoms with Gasteiger partial charge in [0.25, 0.3) is 0 Å². The largest absolute Gasteiger partial charge is 0.487 e. The van der Waals surface area contributed by atoms with Crippen molar-refractivity contribution in [3.63, 3.8) is 0 Å². The average Bonchev–Trinajstić information content (AvgIpc) is 3.01. The van der Waals surface area contributed by atoms with E-state index in [1.165, 1.54) is 19.3 Å². The second kappa shape index (κ2) is 8.13. The Morgan fingerprint density at radius 3 is 2.64 bits per heavy atom. The molecule has 1 amide bonds. The summed E-state index contributed by atoms with van der Waals surface area (Å²) in [5, 5.41) is 13.2. The molecule has 2 atom stereocenters. The van der Waals surface area contributed by atoms with E-state index >= 15 is 0 Å². The average molecular weight is 476 g/mol. The zero-order chi connectivity index (χ0) is 23.4. The van der Waals surface area contributed by atoms with E-state index in [0.29, 0.717) is 11.1 Å². The van der Waals surface area contributed by atoms with Crippen molar-refractivity contribution in [2.45, 2.75) is 76.0 Å². The number of rotatable bonds is 3. The van der Waals surface area contributed by atoms with Crippen LogP contribution in [0.5, 0.6) is 5.75 Å². The highest BCUT2D eigenvalue weighted by atomic mass is 32.2. The molecule has 5 rings (SSSR count). The van der Waals surface area contributed by atoms with Crippen molar-refractivity contribution >= 4 is 26.7 Å². The Kier molecular flexibility index (Phi) is 5.52. The molecule has 0 bridgehead atoms. The number of hydrogen-bond acceptors (Lipinski definition) is 7. The third kappa shape index (κ3) is 4.28. The molecule has 1 aromatic heterocycles. The standard InChI is InChI=1S/C24H29NO7S/c1-14-16-9-15-5-8-24(6-3-2-4-7-24)32-20(15)11-21(16)31-23(28)17(14)10-22(27)25-18-12-33(29,30)13-19(18)26/h9,11,18-19,26H,2-8,10,12-13H2,1H3,(H,25,27)/t18-,19-/m0/s1. The van der Waals surface area contributed by atoms with Crippen LogP contribution in [-0.4, -0.2) is 48.7 Å². The number of amides is 1. The lowest BCUT2D eigenvalue weighted by molar-refractivity contribution is -0.121. The fraction of sp³-hybridized carbons (Fsp3) is 0.583. The Hall–Kier alpha value is -2.39. The lowest BCUT2D eigenvalue weighted by Gasteiger charge is -2.41. The van der Waals surface area contributed by atoms with Crippen molar-refractivity contribution in [2.24, 2.45) is 0 Å². The Balaban J connectivity index is 1.40. The monoisotopic (exact) mass is 475 g/mol. The van der Waals surface area contributed by atoms with Crippen LogP contribution in [0, 0.1) is 6.92 Å². The predicted octanol–water partition coefficient (Wildman–Crippen LogP) is 1.95. The molecule has 3 heterocycles. The van der Waals surface area contributed by atoms with Gasteiger partial charge >= 0.3 is 5.63 Å². The fourth-order valence-corrected chi connectivity index (χ4v) is 7.28. The molecule has 1 saturated carbocycles. The van der Waals surface area contributed by atoms with Gasteiger partial charge in [-0.05, 0) is 62.6 Å². The van der Waals surface area contributed by atoms with E-state index in [0.717, 1.165) is 42.4 Å². The summed E-state index contributed by atoms with van der Waals surface area (Å²) in [7, 11) is -3.38. The SMILES string of the molecule is Cc1c(CC(=O)N[C@H]2CS(=O)(=O)C[C@@H]2O)c(=O)oc2cc3c(cc12)CCC1(CCCCC1)O3. The van der Waals surface area contributed by atoms with Gasteiger partial charge in [0, 0.05) is 11.5 Å². The first-order valence-electron chi connectivity index (χ1n) is 11.6. The lowest BCUT2D eigenvalue weighted by Crippen LogP contribution is -2.43. The molecular formula is C24H29NO7S. The number of carbonyl (C=O) groups excluding carboxylic acids is 1. The van der Waals surface area contributed by atoms with Gasteiger partial charge in [-0.15, -0.1) is 0 Å². The first-order valence-corrected chi connectivity index (χ1v) is 13.4. The van der Waals surface area contributed by atoms with Crippen molar-refractivity contribution in [1.29, 1.82) is 0 Å². The maximum absolute atomic E-state index is 12.7. The molecule has 2 fully saturated rings. The molecule has 3 aliphatic rings. The van der Waals surface area contributed by atoms with Crippen LogP contribution in [0.15, 0.2) is 21.3 Å². The van der Waals surface area contributed by atoms with Crippen LogP contribution in [0.25, 0.3) is 11.0 Å². The minimum absolute atomic E-state index is 0.107. The molecule has 0 radical (unpaired) electrons. The van der Waals surface area contributed by atoms with Gasteiger partial charge in [0.1, 0.15) is 16.9 Å². The van der Waals surface area contributed by atoms with Gasteiger partial charge in [-0.2, -0.15) is 0 Å². The molecule has 2 N–H and O–H groups in total. The van der Waals surface area contributed by atoms with E-state index in [2.05, 4.69) is 5.32 Å². The maximum atomic E-state index is 12.7. The highest BCUT2D eigenvalue weighted by molar-refractivity contribution is 7.91. The smallest absolute Gasteiger partial charge is 0.340 e. The van der Waals surface area contributed by atoms with Gasteiger partial charge < -0.3 is 19.6 Å². The van der Waals surface area contributed by atoms with E-state index in [4.69, 9.17) is 9.15 Å². The third-order valence-electron chi connectivity index (χ3n) is 7.42. The highest BCUT2D eigenvalue weighted by Gasteiger charge is 2.39. The van der Waals surface area contributed by atoms with Gasteiger partial charge in [-0.25, -0.2) is 13.2 Å². The highest BCUT2D eigenvalue weighted by Crippen LogP contribution is 2.43. The number of nitrogens with one attached hydrogen (secondary N) is 1. The Bertz CT molecular complexity index is 1270. The Morgan fingerprint density at radius 2 is 1.94 bits per heavy atom. The molecule has 8 nitrogen and oxygen atoms in total. The molecule has 33 heavy (non-hydrogen) atoms. The Labute approximate surface area is 192 Å². The molecule has 1 aromatic carbocycles. The number of ether oxygens (including phenoxy) is 1. The molecule has 1 spiro atoms. The minimum Gasteiger partial charge on any atom is -0.487 e. The van der Waals surface area contributed by atoms with Crippen LogP contribution in [0.3, 0.4) is 0 Å². The number of carbonyl (C=O) groups is 1. The number of benzene rings is 1. The van der Waals surface area contributed by atoms with Crippen molar-refractivity contribution in [3.8, 4) is 5.75 Å². The third-order valence-corrected chi connectivity index (χ3v) is 9.13. The van der Waals surface area contributed by atoms with Gasteiger partial charge in [0.2, 0.25) is 5.91 Å². The summed E-state index contributed by atoms with van der Waals surface area (Å²) >= 11 is 0. The summed E-state index contributed by atoms with van der Waals surface area (Å²) < 4.78 is 35.4. The number of aliphatic hydroxyl groups is 1. The normalized spacial score (nSPS) is 25.5. The number of aliphatic hydroxyl groups excluding tert-OH is 1. The summed E-state index contributed by atoms with van der Waals surface area (Å²) in [4.78, 5) is 25.3. The quantitative estimate of drug-likeness (QED) is 0.651. The van der Waals surface area contributed by atoms with Crippen molar-refractivity contribution in [2.75, 3.05) is 11.5 Å². The molecule has 1 saturated heterocycles. The number of sulfone groups is 1. The summed E-state index contributed by atoms with van der Waals surface area (Å²) in [5.41, 5.74) is 1.70. The van der Waals surface area contributed by atoms with Gasteiger partial charge in [-0.3, -0.25) is 4.79 Å². The fourth-order valence-electron chi connectivity index (χ4n) is 5.54. The second-order valence-electron chi connectivity index (χ2n) is 9.79. The van der Waals surface area contributed by atoms with Crippen LogP contribution in [0.1, 0.15) is 55.2 Å². The van der Waals surface area contributed by atoms with E-state index in [-0.39, 0.29) is 29.1 Å². The zero-order valence-electron chi connectivity index (χ0n) is 18.7. The van der Waals surface area contributed by atoms with Gasteiger partial charge in [0.05, 0.1) is 35.6 Å². The van der Waals surface area contributed by atoms with Crippen LogP contribution in [-0.2, 0) is 27.5 Å². The van der Waals surface area contributed by atoms with E-state index in [1.54, 1.807) is 13.0 Å². The number of fused-ring (bicyclic) bond motifs is 2. The minimum atomic E-state index is -3.38. The predicted molar refractivity (Wildman–Crippen MR) is 122 cm³/mol. The maximum Gasteiger partial charge on any atom is 0.340 e. The summed E-state index contributed by atoms with van der Waals surface area (Å²) in [6.07, 6.45) is 6.18. The molecule has 178 valence electrons. The van der Waals surface area contributed by atoms with Crippen LogP contribution in [0.2, 0.25) is 0 Å². The zero-order valence-corrected chi connectivity index (χ0v) is 19.5. The summed E-state index contributed by atoms with van der Waals surface area (Å²) in [6, 6.07) is 2.93. The topological polar surface area (TPSA) is 123 Å². The molecule has 2 aromatic rings. The van der Waals surface area contributed by atoms with E-state index < -0.39 is 33.5 Å². The first-order chi connectivity index (χ1) is 15.6. The van der Waals surface area contributed by atoms with Gasteiger partial charge in [-0.1, -0.05) is 6.42 Å². The summed E-state index contributed by atoms with van der Waals surface area (Å²) in [6.45, 7) is 1.79. The molecule has 0 unspecified atom stereocenters. The Morgan fingerprint density at radius 1 is 1.18 bits per heavy atom. The van der Waals surface area contributed by atoms with Crippen LogP contribution < -0.4 is 15.7 Å². The number of aryl methyl sites for hydroxylation is 2.